The Hall–Kier alpha value is -4.07. The highest BCUT2D eigenvalue weighted by Gasteiger charge is 2.42. The van der Waals surface area contributed by atoms with E-state index in [1.54, 1.807) is 30.3 Å². The molecule has 0 spiro atoms. The molecule has 4 rings (SSSR count). The Morgan fingerprint density at radius 1 is 1.02 bits per heavy atom. The molecule has 0 saturated carbocycles. The van der Waals surface area contributed by atoms with Gasteiger partial charge in [-0.25, -0.2) is 8.42 Å². The average molecular weight is 711 g/mol. The molecule has 0 fully saturated rings. The molecule has 3 aromatic rings. The van der Waals surface area contributed by atoms with Gasteiger partial charge in [0.2, 0.25) is 5.91 Å². The van der Waals surface area contributed by atoms with E-state index in [1.807, 2.05) is 42.7 Å². The zero-order valence-electron chi connectivity index (χ0n) is 28.2. The fourth-order valence-electron chi connectivity index (χ4n) is 6.01. The van der Waals surface area contributed by atoms with Crippen LogP contribution in [0.4, 0.5) is 11.4 Å². The van der Waals surface area contributed by atoms with Gasteiger partial charge in [0, 0.05) is 36.8 Å². The second-order valence-corrected chi connectivity index (χ2v) is 15.0. The number of thioether (sulfide) groups is 1. The third-order valence-corrected chi connectivity index (χ3v) is 11.4. The number of unbranched alkanes of at least 4 members (excludes halogenated alkanes) is 1. The van der Waals surface area contributed by atoms with Crippen LogP contribution in [0.2, 0.25) is 0 Å². The second-order valence-electron chi connectivity index (χ2n) is 12.2. The van der Waals surface area contributed by atoms with Gasteiger partial charge in [-0.15, -0.1) is 11.8 Å². The average Bonchev–Trinajstić information content (AvgIpc) is 3.20. The van der Waals surface area contributed by atoms with E-state index >= 15 is 0 Å². The van der Waals surface area contributed by atoms with E-state index in [0.717, 1.165) is 24.9 Å². The molecule has 4 N–H and O–H groups in total. The molecular weight excluding hydrogens is 665 g/mol. The van der Waals surface area contributed by atoms with Crippen LogP contribution in [0.25, 0.3) is 0 Å². The number of rotatable bonds is 17. The van der Waals surface area contributed by atoms with Gasteiger partial charge in [0.1, 0.15) is 11.8 Å². The summed E-state index contributed by atoms with van der Waals surface area (Å²) in [6.45, 7) is 4.41. The maximum atomic E-state index is 14.2. The minimum Gasteiger partial charge on any atom is -0.483 e. The van der Waals surface area contributed by atoms with E-state index in [-0.39, 0.29) is 36.0 Å². The molecule has 0 aromatic heterocycles. The molecule has 0 saturated heterocycles. The number of amides is 2. The highest BCUT2D eigenvalue weighted by molar-refractivity contribution is 7.98. The smallest absolute Gasteiger partial charge is 0.317 e. The molecule has 13 heteroatoms. The lowest BCUT2D eigenvalue weighted by Crippen LogP contribution is -2.44. The number of nitrogens with zero attached hydrogens (tertiary/aromatic N) is 1. The third-order valence-electron chi connectivity index (χ3n) is 8.68. The van der Waals surface area contributed by atoms with Crippen LogP contribution in [0, 0.1) is 5.41 Å². The highest BCUT2D eigenvalue weighted by Crippen LogP contribution is 2.47. The van der Waals surface area contributed by atoms with E-state index < -0.39 is 45.7 Å². The number of nitrogens with one attached hydrogen (secondary N) is 3. The first-order valence-corrected chi connectivity index (χ1v) is 19.3. The Morgan fingerprint density at radius 3 is 2.35 bits per heavy atom. The number of benzene rings is 3. The van der Waals surface area contributed by atoms with Crippen LogP contribution in [-0.2, 0) is 24.2 Å². The van der Waals surface area contributed by atoms with Gasteiger partial charge in [-0.3, -0.25) is 14.4 Å². The molecule has 0 aliphatic carbocycles. The summed E-state index contributed by atoms with van der Waals surface area (Å²) in [5, 5.41) is 16.9. The van der Waals surface area contributed by atoms with Crippen molar-refractivity contribution in [3.05, 3.63) is 78.4 Å². The number of carboxylic acids is 1. The lowest BCUT2D eigenvalue weighted by Gasteiger charge is -2.36. The summed E-state index contributed by atoms with van der Waals surface area (Å²) in [5.74, 6) is -1.78. The van der Waals surface area contributed by atoms with Gasteiger partial charge >= 0.3 is 5.97 Å². The number of hydrogen-bond acceptors (Lipinski definition) is 9. The standard InChI is InChI=1S/C36H46N4O7S2/c1-4-6-17-36(5-2)24-40(27-15-11-8-12-16-27)28-20-30(48-3)29(21-31(28)49(45,46)25-36)47-23-32(41)39-34(26-13-9-7-10-14-26)35(44)38-19-18-37-22-33(42)43/h7-16,20-21,34,37H,4-6,17-19,22-25H2,1-3H3,(H,38,44)(H,39,41)(H,42,43)/t34-,36?/m1/s1. The number of fused-ring (bicyclic) bond motifs is 1. The SMILES string of the molecule is CCCCC1(CC)CN(c2ccccc2)c2cc(SC)c(OCC(=O)N[C@@H](C(=O)NCCNCC(=O)O)c3ccccc3)cc2S(=O)(=O)C1. The molecule has 1 aliphatic rings. The number of carboxylic acid groups (broad SMARTS) is 1. The van der Waals surface area contributed by atoms with Gasteiger partial charge < -0.3 is 30.7 Å². The van der Waals surface area contributed by atoms with E-state index in [2.05, 4.69) is 34.7 Å². The number of hydrogen-bond donors (Lipinski definition) is 4. The second kappa shape index (κ2) is 17.5. The van der Waals surface area contributed by atoms with Crippen LogP contribution >= 0.6 is 11.8 Å². The van der Waals surface area contributed by atoms with Crippen molar-refractivity contribution in [2.75, 3.05) is 49.7 Å². The molecule has 2 amide bonds. The Balaban J connectivity index is 1.59. The summed E-state index contributed by atoms with van der Waals surface area (Å²) >= 11 is 1.39. The van der Waals surface area contributed by atoms with Crippen molar-refractivity contribution >= 4 is 50.8 Å². The summed E-state index contributed by atoms with van der Waals surface area (Å²) in [5.41, 5.74) is 1.58. The van der Waals surface area contributed by atoms with Gasteiger partial charge in [-0.2, -0.15) is 0 Å². The van der Waals surface area contributed by atoms with Crippen LogP contribution in [0.5, 0.6) is 5.75 Å². The molecule has 11 nitrogen and oxygen atoms in total. The van der Waals surface area contributed by atoms with Crippen molar-refractivity contribution < 1.29 is 32.6 Å². The zero-order valence-corrected chi connectivity index (χ0v) is 29.9. The lowest BCUT2D eigenvalue weighted by molar-refractivity contribution is -0.136. The predicted molar refractivity (Wildman–Crippen MR) is 192 cm³/mol. The molecule has 0 radical (unpaired) electrons. The molecule has 1 unspecified atom stereocenters. The highest BCUT2D eigenvalue weighted by atomic mass is 32.2. The first-order valence-electron chi connectivity index (χ1n) is 16.5. The normalized spacial score (nSPS) is 17.3. The van der Waals surface area contributed by atoms with Crippen molar-refractivity contribution in [1.82, 2.24) is 16.0 Å². The largest absolute Gasteiger partial charge is 0.483 e. The fourth-order valence-corrected chi connectivity index (χ4v) is 8.73. The Morgan fingerprint density at radius 2 is 1.71 bits per heavy atom. The van der Waals surface area contributed by atoms with Crippen LogP contribution in [0.1, 0.15) is 51.1 Å². The fraction of sp³-hybridized carbons (Fsp3) is 0.417. The predicted octanol–water partition coefficient (Wildman–Crippen LogP) is 4.95. The van der Waals surface area contributed by atoms with E-state index in [4.69, 9.17) is 9.84 Å². The summed E-state index contributed by atoms with van der Waals surface area (Å²) < 4.78 is 34.4. The van der Waals surface area contributed by atoms with Crippen molar-refractivity contribution in [1.29, 1.82) is 0 Å². The van der Waals surface area contributed by atoms with Crippen molar-refractivity contribution in [3.8, 4) is 5.75 Å². The van der Waals surface area contributed by atoms with E-state index in [0.29, 0.717) is 29.1 Å². The van der Waals surface area contributed by atoms with Crippen LogP contribution in [0.3, 0.4) is 0 Å². The lowest BCUT2D eigenvalue weighted by atomic mass is 9.81. The van der Waals surface area contributed by atoms with Crippen molar-refractivity contribution in [2.45, 2.75) is 55.4 Å². The summed E-state index contributed by atoms with van der Waals surface area (Å²) in [6, 6.07) is 20.9. The topological polar surface area (TPSA) is 154 Å². The van der Waals surface area contributed by atoms with Crippen LogP contribution in [-0.4, -0.2) is 76.1 Å². The first kappa shape index (κ1) is 37.7. The maximum Gasteiger partial charge on any atom is 0.317 e. The van der Waals surface area contributed by atoms with Crippen molar-refractivity contribution in [2.24, 2.45) is 5.41 Å². The Labute approximate surface area is 293 Å². The number of aliphatic carboxylic acids is 1. The maximum absolute atomic E-state index is 14.2. The molecule has 2 atom stereocenters. The molecule has 0 bridgehead atoms. The monoisotopic (exact) mass is 710 g/mol. The first-order chi connectivity index (χ1) is 23.5. The zero-order chi connectivity index (χ0) is 35.4. The number of carbonyl (C=O) groups is 3. The molecular formula is C36H46N4O7S2. The Bertz CT molecular complexity index is 1690. The van der Waals surface area contributed by atoms with Crippen molar-refractivity contribution in [3.63, 3.8) is 0 Å². The minimum absolute atomic E-state index is 0.00503. The molecule has 1 aliphatic heterocycles. The van der Waals surface area contributed by atoms with E-state index in [9.17, 15) is 22.8 Å². The minimum atomic E-state index is -3.76. The van der Waals surface area contributed by atoms with Gasteiger partial charge in [-0.1, -0.05) is 75.2 Å². The number of anilines is 2. The summed E-state index contributed by atoms with van der Waals surface area (Å²) in [6.07, 6.45) is 5.24. The van der Waals surface area contributed by atoms with Gasteiger partial charge in [0.25, 0.3) is 5.91 Å². The molecule has 49 heavy (non-hydrogen) atoms. The Kier molecular flexibility index (Phi) is 13.5. The van der Waals surface area contributed by atoms with Gasteiger partial charge in [0.05, 0.1) is 27.8 Å². The summed E-state index contributed by atoms with van der Waals surface area (Å²) in [4.78, 5) is 40.1. The number of para-hydroxylation sites is 1. The van der Waals surface area contributed by atoms with Crippen LogP contribution in [0.15, 0.2) is 82.6 Å². The number of carbonyl (C=O) groups excluding carboxylic acids is 2. The third kappa shape index (κ3) is 9.99. The number of sulfone groups is 1. The molecule has 264 valence electrons. The quantitative estimate of drug-likeness (QED) is 0.112. The van der Waals surface area contributed by atoms with Gasteiger partial charge in [0.15, 0.2) is 16.4 Å². The molecule has 3 aromatic carbocycles. The van der Waals surface area contributed by atoms with Crippen LogP contribution < -0.4 is 25.6 Å². The summed E-state index contributed by atoms with van der Waals surface area (Å²) in [7, 11) is -3.76. The molecule has 1 heterocycles. The van der Waals surface area contributed by atoms with E-state index in [1.165, 1.54) is 17.8 Å². The number of ether oxygens (including phenoxy) is 1. The van der Waals surface area contributed by atoms with Gasteiger partial charge in [-0.05, 0) is 42.9 Å².